The van der Waals surface area contributed by atoms with Crippen molar-refractivity contribution >= 4 is 17.6 Å². The summed E-state index contributed by atoms with van der Waals surface area (Å²) in [5, 5.41) is 0.721. The minimum absolute atomic E-state index is 0.0627. The molecule has 2 unspecified atom stereocenters. The van der Waals surface area contributed by atoms with Gasteiger partial charge in [-0.2, -0.15) is 0 Å². The van der Waals surface area contributed by atoms with Crippen molar-refractivity contribution in [1.29, 1.82) is 0 Å². The van der Waals surface area contributed by atoms with Crippen LogP contribution in [-0.4, -0.2) is 12.1 Å². The Morgan fingerprint density at radius 2 is 2.07 bits per heavy atom. The van der Waals surface area contributed by atoms with E-state index in [1.54, 1.807) is 0 Å². The molecule has 3 nitrogen and oxygen atoms in total. The van der Waals surface area contributed by atoms with E-state index in [-0.39, 0.29) is 18.2 Å². The van der Waals surface area contributed by atoms with Gasteiger partial charge in [-0.05, 0) is 24.1 Å². The number of benzene rings is 1. The highest BCUT2D eigenvalue weighted by Crippen LogP contribution is 2.30. The molecular formula is C11H13ClN2O. The second-order valence-corrected chi connectivity index (χ2v) is 3.97. The van der Waals surface area contributed by atoms with Gasteiger partial charge in [0.05, 0.1) is 6.04 Å². The molecule has 0 saturated carbocycles. The molecule has 0 bridgehead atoms. The Morgan fingerprint density at radius 1 is 1.40 bits per heavy atom. The minimum Gasteiger partial charge on any atom is -0.455 e. The van der Waals surface area contributed by atoms with Gasteiger partial charge in [0.25, 0.3) is 6.02 Å². The van der Waals surface area contributed by atoms with Crippen LogP contribution in [0, 0.1) is 0 Å². The molecular weight excluding hydrogens is 212 g/mol. The van der Waals surface area contributed by atoms with E-state index >= 15 is 0 Å². The number of ether oxygens (including phenoxy) is 1. The monoisotopic (exact) mass is 224 g/mol. The molecule has 1 aromatic carbocycles. The Morgan fingerprint density at radius 3 is 2.67 bits per heavy atom. The Bertz CT molecular complexity index is 375. The molecule has 1 aliphatic heterocycles. The average molecular weight is 225 g/mol. The van der Waals surface area contributed by atoms with Crippen molar-refractivity contribution in [3.05, 3.63) is 34.9 Å². The predicted octanol–water partition coefficient (Wildman–Crippen LogP) is 2.50. The van der Waals surface area contributed by atoms with Gasteiger partial charge in [0.1, 0.15) is 6.10 Å². The zero-order valence-electron chi connectivity index (χ0n) is 8.48. The largest absolute Gasteiger partial charge is 0.455 e. The number of halogens is 1. The number of aliphatic imine (C=N–C) groups is 1. The zero-order valence-corrected chi connectivity index (χ0v) is 9.24. The van der Waals surface area contributed by atoms with Gasteiger partial charge in [-0.15, -0.1) is 0 Å². The lowest BCUT2D eigenvalue weighted by Crippen LogP contribution is -2.15. The van der Waals surface area contributed by atoms with Gasteiger partial charge in [-0.1, -0.05) is 30.7 Å². The van der Waals surface area contributed by atoms with Gasteiger partial charge in [0.2, 0.25) is 0 Å². The molecule has 15 heavy (non-hydrogen) atoms. The lowest BCUT2D eigenvalue weighted by atomic mass is 10.0. The van der Waals surface area contributed by atoms with E-state index in [9.17, 15) is 0 Å². The molecule has 1 heterocycles. The third-order valence-corrected chi connectivity index (χ3v) is 2.76. The van der Waals surface area contributed by atoms with Crippen molar-refractivity contribution in [2.75, 3.05) is 0 Å². The summed E-state index contributed by atoms with van der Waals surface area (Å²) in [5.74, 6) is 0. The number of nitrogens with zero attached hydrogens (tertiary/aromatic N) is 1. The molecule has 0 aromatic heterocycles. The first-order valence-electron chi connectivity index (χ1n) is 4.96. The minimum atomic E-state index is -0.0627. The summed E-state index contributed by atoms with van der Waals surface area (Å²) in [4.78, 5) is 4.23. The van der Waals surface area contributed by atoms with Crippen LogP contribution in [0.15, 0.2) is 29.3 Å². The Hall–Kier alpha value is -1.22. The van der Waals surface area contributed by atoms with Gasteiger partial charge in [-0.3, -0.25) is 0 Å². The normalized spacial score (nSPS) is 24.8. The maximum absolute atomic E-state index is 5.82. The summed E-state index contributed by atoms with van der Waals surface area (Å²) >= 11 is 5.82. The highest BCUT2D eigenvalue weighted by atomic mass is 35.5. The molecule has 0 radical (unpaired) electrons. The highest BCUT2D eigenvalue weighted by molar-refractivity contribution is 6.30. The maximum atomic E-state index is 5.82. The lowest BCUT2D eigenvalue weighted by molar-refractivity contribution is 0.191. The van der Waals surface area contributed by atoms with Crippen molar-refractivity contribution in [2.24, 2.45) is 10.7 Å². The van der Waals surface area contributed by atoms with Crippen LogP contribution in [0.1, 0.15) is 25.0 Å². The SMILES string of the molecule is CCC1N=C(N)OC1c1ccc(Cl)cc1. The van der Waals surface area contributed by atoms with Crippen LogP contribution in [0.25, 0.3) is 0 Å². The van der Waals surface area contributed by atoms with E-state index in [0.29, 0.717) is 0 Å². The number of nitrogens with two attached hydrogens (primary N) is 1. The van der Waals surface area contributed by atoms with Crippen LogP contribution in [-0.2, 0) is 4.74 Å². The van der Waals surface area contributed by atoms with Crippen molar-refractivity contribution in [3.8, 4) is 0 Å². The third kappa shape index (κ3) is 2.07. The smallest absolute Gasteiger partial charge is 0.283 e. The molecule has 0 saturated heterocycles. The molecule has 2 atom stereocenters. The van der Waals surface area contributed by atoms with E-state index in [4.69, 9.17) is 22.1 Å². The van der Waals surface area contributed by atoms with E-state index in [1.807, 2.05) is 24.3 Å². The summed E-state index contributed by atoms with van der Waals surface area (Å²) in [6.07, 6.45) is 0.848. The van der Waals surface area contributed by atoms with Gasteiger partial charge < -0.3 is 10.5 Å². The maximum Gasteiger partial charge on any atom is 0.283 e. The molecule has 1 aliphatic rings. The molecule has 0 fully saturated rings. The Labute approximate surface area is 93.9 Å². The van der Waals surface area contributed by atoms with Crippen molar-refractivity contribution in [2.45, 2.75) is 25.5 Å². The van der Waals surface area contributed by atoms with Gasteiger partial charge in [0, 0.05) is 5.02 Å². The Balaban J connectivity index is 2.21. The number of hydrogen-bond acceptors (Lipinski definition) is 3. The molecule has 1 aromatic rings. The van der Waals surface area contributed by atoms with Crippen LogP contribution < -0.4 is 5.73 Å². The first kappa shape index (κ1) is 10.3. The summed E-state index contributed by atoms with van der Waals surface area (Å²) in [7, 11) is 0. The molecule has 80 valence electrons. The fraction of sp³-hybridized carbons (Fsp3) is 0.364. The van der Waals surface area contributed by atoms with Gasteiger partial charge in [0.15, 0.2) is 0 Å². The first-order chi connectivity index (χ1) is 7.20. The molecule has 2 rings (SSSR count). The van der Waals surface area contributed by atoms with Gasteiger partial charge in [-0.25, -0.2) is 4.99 Å². The molecule has 0 aliphatic carbocycles. The summed E-state index contributed by atoms with van der Waals surface area (Å²) < 4.78 is 5.48. The van der Waals surface area contributed by atoms with E-state index in [0.717, 1.165) is 17.0 Å². The van der Waals surface area contributed by atoms with Crippen molar-refractivity contribution in [1.82, 2.24) is 0 Å². The third-order valence-electron chi connectivity index (χ3n) is 2.51. The summed E-state index contributed by atoms with van der Waals surface area (Å²) in [6, 6.07) is 7.99. The van der Waals surface area contributed by atoms with Crippen molar-refractivity contribution in [3.63, 3.8) is 0 Å². The summed E-state index contributed by atoms with van der Waals surface area (Å²) in [5.41, 5.74) is 6.63. The fourth-order valence-electron chi connectivity index (χ4n) is 1.72. The number of rotatable bonds is 2. The quantitative estimate of drug-likeness (QED) is 0.839. The molecule has 4 heteroatoms. The zero-order chi connectivity index (χ0) is 10.8. The fourth-order valence-corrected chi connectivity index (χ4v) is 1.84. The van der Waals surface area contributed by atoms with Crippen LogP contribution in [0.5, 0.6) is 0 Å². The van der Waals surface area contributed by atoms with Crippen LogP contribution in [0.4, 0.5) is 0 Å². The van der Waals surface area contributed by atoms with E-state index in [2.05, 4.69) is 11.9 Å². The summed E-state index contributed by atoms with van der Waals surface area (Å²) in [6.45, 7) is 2.07. The van der Waals surface area contributed by atoms with Crippen LogP contribution in [0.3, 0.4) is 0 Å². The van der Waals surface area contributed by atoms with Crippen LogP contribution >= 0.6 is 11.6 Å². The number of hydrogen-bond donors (Lipinski definition) is 1. The van der Waals surface area contributed by atoms with Crippen molar-refractivity contribution < 1.29 is 4.74 Å². The topological polar surface area (TPSA) is 47.6 Å². The lowest BCUT2D eigenvalue weighted by Gasteiger charge is -2.16. The number of amidine groups is 1. The van der Waals surface area contributed by atoms with Gasteiger partial charge >= 0.3 is 0 Å². The first-order valence-corrected chi connectivity index (χ1v) is 5.34. The van der Waals surface area contributed by atoms with E-state index < -0.39 is 0 Å². The Kier molecular flexibility index (Phi) is 2.82. The molecule has 2 N–H and O–H groups in total. The predicted molar refractivity (Wildman–Crippen MR) is 61.0 cm³/mol. The highest BCUT2D eigenvalue weighted by Gasteiger charge is 2.29. The second-order valence-electron chi connectivity index (χ2n) is 3.53. The van der Waals surface area contributed by atoms with Crippen LogP contribution in [0.2, 0.25) is 5.02 Å². The molecule has 0 amide bonds. The second kappa shape index (κ2) is 4.11. The van der Waals surface area contributed by atoms with E-state index in [1.165, 1.54) is 0 Å². The molecule has 0 spiro atoms. The standard InChI is InChI=1S/C11H13ClN2O/c1-2-9-10(15-11(13)14-9)7-3-5-8(12)6-4-7/h3-6,9-10H,2H2,1H3,(H2,13,14). The average Bonchev–Trinajstić information content (AvgIpc) is 2.61.